The van der Waals surface area contributed by atoms with Gasteiger partial charge in [0, 0.05) is 18.9 Å². The number of aliphatic hydroxyl groups excluding tert-OH is 2. The topological polar surface area (TPSA) is 107 Å². The second kappa shape index (κ2) is 12.3. The molecule has 6 heteroatoms. The first-order valence-electron chi connectivity index (χ1n) is 10.0. The molecule has 1 aliphatic rings. The van der Waals surface area contributed by atoms with E-state index in [0.29, 0.717) is 25.9 Å². The summed E-state index contributed by atoms with van der Waals surface area (Å²) in [6, 6.07) is 0. The largest absolute Gasteiger partial charge is 0.480 e. The molecule has 0 aromatic rings. The number of aliphatic carboxylic acids is 1. The molecule has 0 amide bonds. The maximum atomic E-state index is 10.5. The molecule has 27 heavy (non-hydrogen) atoms. The lowest BCUT2D eigenvalue weighted by molar-refractivity contribution is -0.142. The number of ether oxygens (including phenoxy) is 1. The summed E-state index contributed by atoms with van der Waals surface area (Å²) in [5.74, 6) is -1.16. The molecule has 0 aromatic carbocycles. The summed E-state index contributed by atoms with van der Waals surface area (Å²) >= 11 is 0. The van der Waals surface area contributed by atoms with Gasteiger partial charge < -0.3 is 25.2 Å². The Morgan fingerprint density at radius 3 is 2.63 bits per heavy atom. The van der Waals surface area contributed by atoms with E-state index in [9.17, 15) is 20.1 Å². The molecule has 0 aliphatic heterocycles. The van der Waals surface area contributed by atoms with E-state index in [1.54, 1.807) is 6.08 Å². The molecule has 0 spiro atoms. The summed E-state index contributed by atoms with van der Waals surface area (Å²) in [7, 11) is 0. The van der Waals surface area contributed by atoms with Crippen molar-refractivity contribution in [2.75, 3.05) is 13.2 Å². The summed E-state index contributed by atoms with van der Waals surface area (Å²) in [4.78, 5) is 10.4. The van der Waals surface area contributed by atoms with Crippen molar-refractivity contribution in [3.05, 3.63) is 24.8 Å². The van der Waals surface area contributed by atoms with Gasteiger partial charge in [-0.15, -0.1) is 6.58 Å². The minimum absolute atomic E-state index is 0.0387. The SMILES string of the molecule is C=CC(O)(CC=C[C@@H]1[C@@H](CCCCOCC(=O)O)[C@@H](O)C[C@H]1O)CCCC. The fourth-order valence-corrected chi connectivity index (χ4v) is 3.72. The van der Waals surface area contributed by atoms with Crippen LogP contribution in [0.25, 0.3) is 0 Å². The fourth-order valence-electron chi connectivity index (χ4n) is 3.72. The highest BCUT2D eigenvalue weighted by molar-refractivity contribution is 5.67. The zero-order valence-electron chi connectivity index (χ0n) is 16.4. The third-order valence-electron chi connectivity index (χ3n) is 5.39. The molecule has 0 radical (unpaired) electrons. The van der Waals surface area contributed by atoms with Crippen LogP contribution in [0.2, 0.25) is 0 Å². The minimum atomic E-state index is -0.979. The molecule has 0 saturated heterocycles. The predicted octanol–water partition coefficient (Wildman–Crippen LogP) is 2.67. The summed E-state index contributed by atoms with van der Waals surface area (Å²) < 4.78 is 5.02. The zero-order chi connectivity index (χ0) is 20.3. The van der Waals surface area contributed by atoms with Gasteiger partial charge in [-0.2, -0.15) is 0 Å². The maximum absolute atomic E-state index is 10.5. The van der Waals surface area contributed by atoms with Crippen molar-refractivity contribution in [1.82, 2.24) is 0 Å². The van der Waals surface area contributed by atoms with Crippen LogP contribution >= 0.6 is 0 Å². The number of rotatable bonds is 14. The van der Waals surface area contributed by atoms with E-state index in [1.807, 2.05) is 12.2 Å². The van der Waals surface area contributed by atoms with Crippen LogP contribution in [0, 0.1) is 11.8 Å². The predicted molar refractivity (Wildman–Crippen MR) is 104 cm³/mol. The molecular formula is C21H36O6. The quantitative estimate of drug-likeness (QED) is 0.271. The van der Waals surface area contributed by atoms with Gasteiger partial charge in [0.25, 0.3) is 0 Å². The van der Waals surface area contributed by atoms with Gasteiger partial charge in [0.15, 0.2) is 0 Å². The van der Waals surface area contributed by atoms with Crippen molar-refractivity contribution in [1.29, 1.82) is 0 Å². The van der Waals surface area contributed by atoms with Crippen LogP contribution in [0.3, 0.4) is 0 Å². The molecule has 0 bridgehead atoms. The Bertz CT molecular complexity index is 477. The van der Waals surface area contributed by atoms with Gasteiger partial charge in [0.05, 0.1) is 17.8 Å². The van der Waals surface area contributed by atoms with Crippen molar-refractivity contribution < 1.29 is 30.0 Å². The monoisotopic (exact) mass is 384 g/mol. The van der Waals surface area contributed by atoms with Gasteiger partial charge in [-0.25, -0.2) is 4.79 Å². The minimum Gasteiger partial charge on any atom is -0.480 e. The summed E-state index contributed by atoms with van der Waals surface area (Å²) in [6.45, 7) is 5.89. The van der Waals surface area contributed by atoms with Crippen molar-refractivity contribution in [3.63, 3.8) is 0 Å². The first kappa shape index (κ1) is 23.8. The third kappa shape index (κ3) is 8.56. The van der Waals surface area contributed by atoms with Gasteiger partial charge in [-0.05, 0) is 31.6 Å². The van der Waals surface area contributed by atoms with Crippen LogP contribution in [0.5, 0.6) is 0 Å². The number of hydrogen-bond donors (Lipinski definition) is 4. The highest BCUT2D eigenvalue weighted by atomic mass is 16.5. The summed E-state index contributed by atoms with van der Waals surface area (Å²) in [5.41, 5.74) is -0.925. The Balaban J connectivity index is 2.50. The van der Waals surface area contributed by atoms with E-state index < -0.39 is 23.8 Å². The van der Waals surface area contributed by atoms with Gasteiger partial charge in [0.1, 0.15) is 6.61 Å². The summed E-state index contributed by atoms with van der Waals surface area (Å²) in [6.07, 6.45) is 9.92. The molecule has 5 atom stereocenters. The molecule has 1 rings (SSSR count). The maximum Gasteiger partial charge on any atom is 0.329 e. The standard InChI is InChI=1S/C21H36O6/c1-3-5-11-21(26,4-2)12-8-10-17-16(18(22)14-19(17)23)9-6-7-13-27-15-20(24)25/h4,8,10,16-19,22-23,26H,2-3,5-7,9,11-15H2,1H3,(H,24,25)/t16-,17-,18+,19-,21?/m1/s1. The van der Waals surface area contributed by atoms with E-state index in [4.69, 9.17) is 9.84 Å². The molecule has 0 aromatic heterocycles. The van der Waals surface area contributed by atoms with E-state index in [2.05, 4.69) is 13.5 Å². The van der Waals surface area contributed by atoms with Gasteiger partial charge in [0.2, 0.25) is 0 Å². The number of hydrogen-bond acceptors (Lipinski definition) is 5. The molecule has 4 N–H and O–H groups in total. The average molecular weight is 385 g/mol. The number of aliphatic hydroxyl groups is 3. The first-order chi connectivity index (χ1) is 12.8. The van der Waals surface area contributed by atoms with Crippen LogP contribution in [0.15, 0.2) is 24.8 Å². The van der Waals surface area contributed by atoms with Crippen LogP contribution in [-0.2, 0) is 9.53 Å². The number of carbonyl (C=O) groups is 1. The van der Waals surface area contributed by atoms with Crippen LogP contribution in [-0.4, -0.2) is 57.4 Å². The smallest absolute Gasteiger partial charge is 0.329 e. The van der Waals surface area contributed by atoms with Crippen LogP contribution in [0.1, 0.15) is 58.3 Å². The molecule has 0 heterocycles. The zero-order valence-corrected chi connectivity index (χ0v) is 16.4. The Morgan fingerprint density at radius 2 is 2.00 bits per heavy atom. The van der Waals surface area contributed by atoms with E-state index in [1.165, 1.54) is 0 Å². The molecule has 156 valence electrons. The number of carboxylic acids is 1. The highest BCUT2D eigenvalue weighted by Gasteiger charge is 2.39. The number of carboxylic acid groups (broad SMARTS) is 1. The Kier molecular flexibility index (Phi) is 10.8. The molecule has 1 fully saturated rings. The van der Waals surface area contributed by atoms with Crippen molar-refractivity contribution in [3.8, 4) is 0 Å². The highest BCUT2D eigenvalue weighted by Crippen LogP contribution is 2.37. The molecule has 1 saturated carbocycles. The lowest BCUT2D eigenvalue weighted by Gasteiger charge is -2.24. The van der Waals surface area contributed by atoms with Crippen molar-refractivity contribution >= 4 is 5.97 Å². The second-order valence-corrected chi connectivity index (χ2v) is 7.60. The molecule has 1 aliphatic carbocycles. The lowest BCUT2D eigenvalue weighted by Crippen LogP contribution is -2.25. The second-order valence-electron chi connectivity index (χ2n) is 7.60. The Labute approximate surface area is 162 Å². The van der Waals surface area contributed by atoms with Crippen LogP contribution < -0.4 is 0 Å². The third-order valence-corrected chi connectivity index (χ3v) is 5.39. The molecule has 6 nitrogen and oxygen atoms in total. The van der Waals surface area contributed by atoms with Crippen molar-refractivity contribution in [2.45, 2.75) is 76.1 Å². The van der Waals surface area contributed by atoms with Crippen LogP contribution in [0.4, 0.5) is 0 Å². The Morgan fingerprint density at radius 1 is 1.26 bits per heavy atom. The summed E-state index contributed by atoms with van der Waals surface area (Å²) in [5, 5.41) is 39.6. The van der Waals surface area contributed by atoms with Crippen molar-refractivity contribution in [2.24, 2.45) is 11.8 Å². The lowest BCUT2D eigenvalue weighted by atomic mass is 9.87. The van der Waals surface area contributed by atoms with E-state index in [0.717, 1.165) is 32.1 Å². The van der Waals surface area contributed by atoms with Gasteiger partial charge in [-0.3, -0.25) is 0 Å². The Hall–Kier alpha value is -1.21. The van der Waals surface area contributed by atoms with E-state index in [-0.39, 0.29) is 18.4 Å². The number of unbranched alkanes of at least 4 members (excludes halogenated alkanes) is 2. The van der Waals surface area contributed by atoms with Gasteiger partial charge >= 0.3 is 5.97 Å². The first-order valence-corrected chi connectivity index (χ1v) is 10.0. The van der Waals surface area contributed by atoms with Gasteiger partial charge in [-0.1, -0.05) is 44.4 Å². The molecular weight excluding hydrogens is 348 g/mol. The van der Waals surface area contributed by atoms with E-state index >= 15 is 0 Å². The normalized spacial score (nSPS) is 27.7. The fraction of sp³-hybridized carbons (Fsp3) is 0.762. The average Bonchev–Trinajstić information content (AvgIpc) is 2.89. The molecule has 1 unspecified atom stereocenters.